The molecule has 4 rings (SSSR count). The molecule has 0 saturated carbocycles. The van der Waals surface area contributed by atoms with E-state index in [1.54, 1.807) is 20.3 Å². The van der Waals surface area contributed by atoms with Crippen molar-refractivity contribution in [2.45, 2.75) is 6.54 Å². The van der Waals surface area contributed by atoms with Crippen molar-refractivity contribution in [2.24, 2.45) is 0 Å². The van der Waals surface area contributed by atoms with Crippen LogP contribution in [0.15, 0.2) is 41.2 Å². The number of para-hydroxylation sites is 1. The maximum atomic E-state index is 12.3. The van der Waals surface area contributed by atoms with E-state index in [-0.39, 0.29) is 5.56 Å². The Labute approximate surface area is 132 Å². The number of rotatable bonds is 2. The number of benzene rings is 2. The van der Waals surface area contributed by atoms with E-state index in [4.69, 9.17) is 9.47 Å². The van der Waals surface area contributed by atoms with Crippen LogP contribution in [0.3, 0.4) is 0 Å². The average Bonchev–Trinajstić information content (AvgIpc) is 2.59. The molecule has 0 spiro atoms. The van der Waals surface area contributed by atoms with Gasteiger partial charge >= 0.3 is 0 Å². The second kappa shape index (κ2) is 5.01. The molecule has 1 aromatic heterocycles. The molecule has 1 aliphatic rings. The highest BCUT2D eigenvalue weighted by Crippen LogP contribution is 2.36. The van der Waals surface area contributed by atoms with Gasteiger partial charge in [0, 0.05) is 0 Å². The van der Waals surface area contributed by atoms with E-state index in [1.807, 2.05) is 34.9 Å². The first-order valence-electron chi connectivity index (χ1n) is 7.23. The zero-order valence-corrected chi connectivity index (χ0v) is 12.8. The van der Waals surface area contributed by atoms with Crippen LogP contribution in [0.5, 0.6) is 11.5 Å². The lowest BCUT2D eigenvalue weighted by Gasteiger charge is -2.25. The van der Waals surface area contributed by atoms with Crippen molar-refractivity contribution in [3.8, 4) is 11.5 Å². The number of ether oxygens (including phenoxy) is 2. The molecule has 23 heavy (non-hydrogen) atoms. The second-order valence-electron chi connectivity index (χ2n) is 5.33. The van der Waals surface area contributed by atoms with Gasteiger partial charge in [-0.2, -0.15) is 4.98 Å². The summed E-state index contributed by atoms with van der Waals surface area (Å²) in [5.74, 6) is 1.89. The molecule has 116 valence electrons. The molecule has 1 N–H and O–H groups in total. The molecule has 2 heterocycles. The molecule has 0 bridgehead atoms. The van der Waals surface area contributed by atoms with Crippen LogP contribution in [-0.4, -0.2) is 23.8 Å². The van der Waals surface area contributed by atoms with Gasteiger partial charge in [0.05, 0.1) is 37.4 Å². The first-order chi connectivity index (χ1) is 11.2. The van der Waals surface area contributed by atoms with Crippen LogP contribution in [0.25, 0.3) is 10.9 Å². The zero-order valence-electron chi connectivity index (χ0n) is 12.8. The first kappa shape index (κ1) is 13.6. The van der Waals surface area contributed by atoms with Crippen LogP contribution in [0.1, 0.15) is 5.56 Å². The van der Waals surface area contributed by atoms with E-state index in [0.717, 1.165) is 22.5 Å². The Kier molecular flexibility index (Phi) is 2.97. The summed E-state index contributed by atoms with van der Waals surface area (Å²) >= 11 is 0. The standard InChI is InChI=1S/C17H15N3O3/c1-22-11-6-7-13-12(8-11)16(21)19-17-18-15-10(9-20(13)17)4-3-5-14(15)23-2/h3-8H,9H2,1-2H3,(H,18,19,21). The topological polar surface area (TPSA) is 65.4 Å². The normalized spacial score (nSPS) is 12.3. The lowest BCUT2D eigenvalue weighted by molar-refractivity contribution is 0.415. The van der Waals surface area contributed by atoms with Crippen molar-refractivity contribution < 1.29 is 9.47 Å². The fraction of sp³-hybridized carbons (Fsp3) is 0.176. The molecular weight excluding hydrogens is 294 g/mol. The van der Waals surface area contributed by atoms with Gasteiger partial charge in [-0.25, -0.2) is 0 Å². The van der Waals surface area contributed by atoms with Crippen molar-refractivity contribution in [3.05, 3.63) is 52.3 Å². The Morgan fingerprint density at radius 3 is 2.83 bits per heavy atom. The summed E-state index contributed by atoms with van der Waals surface area (Å²) in [6, 6.07) is 11.3. The van der Waals surface area contributed by atoms with Gasteiger partial charge in [-0.15, -0.1) is 0 Å². The molecule has 0 radical (unpaired) electrons. The lowest BCUT2D eigenvalue weighted by Crippen LogP contribution is -2.22. The molecule has 0 atom stereocenters. The van der Waals surface area contributed by atoms with Gasteiger partial charge in [0.2, 0.25) is 5.95 Å². The Morgan fingerprint density at radius 1 is 1.17 bits per heavy atom. The summed E-state index contributed by atoms with van der Waals surface area (Å²) in [4.78, 5) is 16.5. The number of nitrogens with zero attached hydrogens (tertiary/aromatic N) is 2. The van der Waals surface area contributed by atoms with Crippen LogP contribution in [0, 0.1) is 0 Å². The summed E-state index contributed by atoms with van der Waals surface area (Å²) in [6.07, 6.45) is 0. The van der Waals surface area contributed by atoms with Gasteiger partial charge < -0.3 is 19.4 Å². The first-order valence-corrected chi connectivity index (χ1v) is 7.23. The van der Waals surface area contributed by atoms with Crippen molar-refractivity contribution in [1.29, 1.82) is 0 Å². The maximum absolute atomic E-state index is 12.3. The van der Waals surface area contributed by atoms with Crippen LogP contribution in [0.2, 0.25) is 0 Å². The van der Waals surface area contributed by atoms with Crippen molar-refractivity contribution in [2.75, 3.05) is 19.5 Å². The highest BCUT2D eigenvalue weighted by molar-refractivity contribution is 5.83. The quantitative estimate of drug-likeness (QED) is 0.616. The number of hydrogen-bond donors (Lipinski definition) is 1. The Bertz CT molecular complexity index is 979. The predicted octanol–water partition coefficient (Wildman–Crippen LogP) is 2.52. The van der Waals surface area contributed by atoms with Gasteiger partial charge in [0.25, 0.3) is 5.56 Å². The highest BCUT2D eigenvalue weighted by Gasteiger charge is 2.21. The van der Waals surface area contributed by atoms with Crippen molar-refractivity contribution >= 4 is 22.5 Å². The fourth-order valence-electron chi connectivity index (χ4n) is 2.94. The summed E-state index contributed by atoms with van der Waals surface area (Å²) in [7, 11) is 3.20. The summed E-state index contributed by atoms with van der Waals surface area (Å²) in [5, 5.41) is 3.76. The molecule has 0 aliphatic carbocycles. The molecule has 6 heteroatoms. The largest absolute Gasteiger partial charge is 0.497 e. The Morgan fingerprint density at radius 2 is 2.04 bits per heavy atom. The SMILES string of the molecule is COc1ccc2c(c1)c(=O)nc1n2Cc2cccc(OC)c2N1. The molecule has 0 amide bonds. The van der Waals surface area contributed by atoms with E-state index < -0.39 is 0 Å². The van der Waals surface area contributed by atoms with Gasteiger partial charge in [0.1, 0.15) is 11.5 Å². The summed E-state index contributed by atoms with van der Waals surface area (Å²) in [6.45, 7) is 0.616. The minimum Gasteiger partial charge on any atom is -0.497 e. The smallest absolute Gasteiger partial charge is 0.282 e. The second-order valence-corrected chi connectivity index (χ2v) is 5.33. The monoisotopic (exact) mass is 309 g/mol. The maximum Gasteiger partial charge on any atom is 0.282 e. The fourth-order valence-corrected chi connectivity index (χ4v) is 2.94. The molecule has 0 unspecified atom stereocenters. The van der Waals surface area contributed by atoms with Crippen LogP contribution >= 0.6 is 0 Å². The van der Waals surface area contributed by atoms with E-state index in [0.29, 0.717) is 23.6 Å². The van der Waals surface area contributed by atoms with E-state index in [9.17, 15) is 4.79 Å². The average molecular weight is 309 g/mol. The Hall–Kier alpha value is -3.02. The van der Waals surface area contributed by atoms with Gasteiger partial charge in [0.15, 0.2) is 0 Å². The number of aromatic nitrogens is 2. The van der Waals surface area contributed by atoms with Gasteiger partial charge in [-0.3, -0.25) is 4.79 Å². The summed E-state index contributed by atoms with van der Waals surface area (Å²) in [5.41, 5.74) is 2.48. The van der Waals surface area contributed by atoms with Crippen LogP contribution < -0.4 is 20.3 Å². The third kappa shape index (κ3) is 2.03. The van der Waals surface area contributed by atoms with E-state index >= 15 is 0 Å². The molecule has 0 fully saturated rings. The minimum atomic E-state index is -0.281. The number of anilines is 2. The van der Waals surface area contributed by atoms with E-state index in [1.165, 1.54) is 0 Å². The van der Waals surface area contributed by atoms with Gasteiger partial charge in [-0.05, 0) is 29.8 Å². The van der Waals surface area contributed by atoms with Crippen molar-refractivity contribution in [3.63, 3.8) is 0 Å². The zero-order chi connectivity index (χ0) is 16.0. The number of hydrogen-bond acceptors (Lipinski definition) is 5. The minimum absolute atomic E-state index is 0.281. The van der Waals surface area contributed by atoms with Gasteiger partial charge in [-0.1, -0.05) is 12.1 Å². The third-order valence-corrected chi connectivity index (χ3v) is 4.09. The van der Waals surface area contributed by atoms with Crippen molar-refractivity contribution in [1.82, 2.24) is 9.55 Å². The number of methoxy groups -OCH3 is 2. The number of fused-ring (bicyclic) bond motifs is 4. The number of nitrogens with one attached hydrogen (secondary N) is 1. The molecule has 6 nitrogen and oxygen atoms in total. The van der Waals surface area contributed by atoms with Crippen LogP contribution in [-0.2, 0) is 6.54 Å². The molecular formula is C17H15N3O3. The molecule has 1 aliphatic heterocycles. The lowest BCUT2D eigenvalue weighted by atomic mass is 10.1. The predicted molar refractivity (Wildman–Crippen MR) is 87.9 cm³/mol. The van der Waals surface area contributed by atoms with E-state index in [2.05, 4.69) is 10.3 Å². The summed E-state index contributed by atoms with van der Waals surface area (Å²) < 4.78 is 12.6. The molecule has 0 saturated heterocycles. The molecule has 3 aromatic rings. The highest BCUT2D eigenvalue weighted by atomic mass is 16.5. The third-order valence-electron chi connectivity index (χ3n) is 4.09. The molecule has 2 aromatic carbocycles. The Balaban J connectivity index is 1.95. The van der Waals surface area contributed by atoms with Crippen LogP contribution in [0.4, 0.5) is 11.6 Å².